The smallest absolute Gasteiger partial charge is 0.330 e. The van der Waals surface area contributed by atoms with Gasteiger partial charge in [0.05, 0.1) is 19.3 Å². The molecule has 4 heteroatoms. The Bertz CT molecular complexity index is 550. The molecular formula is C21H30O4. The Kier molecular flexibility index (Phi) is 7.66. The van der Waals surface area contributed by atoms with Crippen LogP contribution in [0.3, 0.4) is 0 Å². The number of carbonyl (C=O) groups is 1. The average Bonchev–Trinajstić information content (AvgIpc) is 2.58. The Balaban J connectivity index is 1.75. The molecule has 1 fully saturated rings. The zero-order valence-electron chi connectivity index (χ0n) is 15.6. The van der Waals surface area contributed by atoms with E-state index in [9.17, 15) is 4.79 Å². The third-order valence-electron chi connectivity index (χ3n) is 4.37. The van der Waals surface area contributed by atoms with Gasteiger partial charge in [0, 0.05) is 12.5 Å². The van der Waals surface area contributed by atoms with E-state index in [1.807, 2.05) is 19.9 Å². The summed E-state index contributed by atoms with van der Waals surface area (Å²) in [6.45, 7) is 3.92. The van der Waals surface area contributed by atoms with Gasteiger partial charge in [-0.1, -0.05) is 42.8 Å². The van der Waals surface area contributed by atoms with Crippen LogP contribution in [0.15, 0.2) is 42.5 Å². The lowest BCUT2D eigenvalue weighted by Crippen LogP contribution is -2.44. The summed E-state index contributed by atoms with van der Waals surface area (Å²) in [5.74, 6) is -0.907. The summed E-state index contributed by atoms with van der Waals surface area (Å²) < 4.78 is 16.6. The number of ether oxygens (including phenoxy) is 3. The van der Waals surface area contributed by atoms with Crippen LogP contribution in [0.2, 0.25) is 0 Å². The molecule has 2 rings (SSSR count). The predicted molar refractivity (Wildman–Crippen MR) is 98.2 cm³/mol. The maximum absolute atomic E-state index is 11.2. The minimum Gasteiger partial charge on any atom is -0.466 e. The molecule has 1 aliphatic rings. The molecule has 0 amide bonds. The van der Waals surface area contributed by atoms with Crippen molar-refractivity contribution in [3.8, 4) is 0 Å². The van der Waals surface area contributed by atoms with Crippen LogP contribution < -0.4 is 0 Å². The fourth-order valence-electron chi connectivity index (χ4n) is 3.27. The molecule has 0 aromatic heterocycles. The molecule has 0 saturated carbocycles. The van der Waals surface area contributed by atoms with E-state index < -0.39 is 5.79 Å². The zero-order chi connectivity index (χ0) is 18.1. The van der Waals surface area contributed by atoms with Crippen LogP contribution in [0.4, 0.5) is 0 Å². The van der Waals surface area contributed by atoms with Crippen molar-refractivity contribution >= 4 is 5.97 Å². The number of benzene rings is 1. The number of rotatable bonds is 8. The van der Waals surface area contributed by atoms with Gasteiger partial charge in [-0.2, -0.15) is 0 Å². The van der Waals surface area contributed by atoms with Crippen molar-refractivity contribution in [3.05, 3.63) is 48.0 Å². The molecule has 0 N–H and O–H groups in total. The standard InChI is InChI=1S/C21H30O4/c1-21(2)24-18(13-8-7-12-17-10-5-4-6-11-17)16-19(25-21)14-9-15-20(22)23-3/h4-6,9-11,15,18-19H,7-8,12-14,16H2,1-3H3/b15-9-/t18-,19+/m1/s1. The van der Waals surface area contributed by atoms with Crippen LogP contribution in [0.1, 0.15) is 51.5 Å². The SMILES string of the molecule is COC(=O)/C=C\C[C@H]1C[C@@H](CCCCc2ccccc2)OC(C)(C)O1. The topological polar surface area (TPSA) is 44.8 Å². The molecule has 25 heavy (non-hydrogen) atoms. The minimum absolute atomic E-state index is 0.0729. The Labute approximate surface area is 151 Å². The monoisotopic (exact) mass is 346 g/mol. The number of hydrogen-bond donors (Lipinski definition) is 0. The number of hydrogen-bond acceptors (Lipinski definition) is 4. The maximum atomic E-state index is 11.2. The zero-order valence-corrected chi connectivity index (χ0v) is 15.6. The van der Waals surface area contributed by atoms with Crippen molar-refractivity contribution in [3.63, 3.8) is 0 Å². The van der Waals surface area contributed by atoms with E-state index in [0.29, 0.717) is 6.42 Å². The lowest BCUT2D eigenvalue weighted by atomic mass is 9.99. The van der Waals surface area contributed by atoms with Gasteiger partial charge >= 0.3 is 5.97 Å². The summed E-state index contributed by atoms with van der Waals surface area (Å²) in [5.41, 5.74) is 1.39. The van der Waals surface area contributed by atoms with E-state index in [0.717, 1.165) is 32.1 Å². The summed E-state index contributed by atoms with van der Waals surface area (Å²) in [5, 5.41) is 0. The van der Waals surface area contributed by atoms with Crippen molar-refractivity contribution in [2.45, 2.75) is 70.4 Å². The molecule has 138 valence electrons. The van der Waals surface area contributed by atoms with E-state index in [1.165, 1.54) is 18.7 Å². The number of unbranched alkanes of at least 4 members (excludes halogenated alkanes) is 1. The summed E-state index contributed by atoms with van der Waals surface area (Å²) >= 11 is 0. The first-order valence-corrected chi connectivity index (χ1v) is 9.12. The summed E-state index contributed by atoms with van der Waals surface area (Å²) in [6.07, 6.45) is 9.57. The normalized spacial score (nSPS) is 22.8. The Morgan fingerprint density at radius 2 is 1.92 bits per heavy atom. The molecule has 0 spiro atoms. The Morgan fingerprint density at radius 1 is 1.20 bits per heavy atom. The van der Waals surface area contributed by atoms with E-state index in [2.05, 4.69) is 35.1 Å². The van der Waals surface area contributed by atoms with Gasteiger partial charge in [-0.25, -0.2) is 4.79 Å². The molecule has 0 radical (unpaired) electrons. The first-order valence-electron chi connectivity index (χ1n) is 9.12. The highest BCUT2D eigenvalue weighted by molar-refractivity contribution is 5.81. The molecule has 1 aliphatic heterocycles. The molecule has 1 aromatic carbocycles. The lowest BCUT2D eigenvalue weighted by Gasteiger charge is -2.40. The highest BCUT2D eigenvalue weighted by Gasteiger charge is 2.34. The van der Waals surface area contributed by atoms with Gasteiger partial charge in [0.15, 0.2) is 5.79 Å². The van der Waals surface area contributed by atoms with E-state index >= 15 is 0 Å². The molecule has 1 heterocycles. The van der Waals surface area contributed by atoms with Crippen molar-refractivity contribution in [1.82, 2.24) is 0 Å². The second kappa shape index (κ2) is 9.73. The third kappa shape index (κ3) is 7.41. The number of esters is 1. The predicted octanol–water partition coefficient (Wildman–Crippen LogP) is 4.43. The van der Waals surface area contributed by atoms with Gasteiger partial charge in [-0.15, -0.1) is 0 Å². The Morgan fingerprint density at radius 3 is 2.64 bits per heavy atom. The minimum atomic E-state index is -0.577. The van der Waals surface area contributed by atoms with Crippen LogP contribution in [0.5, 0.6) is 0 Å². The van der Waals surface area contributed by atoms with Gasteiger partial charge in [-0.05, 0) is 45.1 Å². The third-order valence-corrected chi connectivity index (χ3v) is 4.37. The highest BCUT2D eigenvalue weighted by atomic mass is 16.7. The number of aryl methyl sites for hydroxylation is 1. The maximum Gasteiger partial charge on any atom is 0.330 e. The Hall–Kier alpha value is -1.65. The van der Waals surface area contributed by atoms with Gasteiger partial charge < -0.3 is 14.2 Å². The second-order valence-corrected chi connectivity index (χ2v) is 7.01. The largest absolute Gasteiger partial charge is 0.466 e. The fraction of sp³-hybridized carbons (Fsp3) is 0.571. The molecule has 0 bridgehead atoms. The fourth-order valence-corrected chi connectivity index (χ4v) is 3.27. The van der Waals surface area contributed by atoms with E-state index in [1.54, 1.807) is 0 Å². The molecule has 4 nitrogen and oxygen atoms in total. The van der Waals surface area contributed by atoms with Crippen LogP contribution >= 0.6 is 0 Å². The van der Waals surface area contributed by atoms with Gasteiger partial charge in [-0.3, -0.25) is 0 Å². The van der Waals surface area contributed by atoms with Crippen molar-refractivity contribution < 1.29 is 19.0 Å². The first kappa shape index (κ1) is 19.7. The summed E-state index contributed by atoms with van der Waals surface area (Å²) in [7, 11) is 1.38. The highest BCUT2D eigenvalue weighted by Crippen LogP contribution is 2.30. The van der Waals surface area contributed by atoms with Gasteiger partial charge in [0.1, 0.15) is 0 Å². The van der Waals surface area contributed by atoms with Crippen LogP contribution in [0.25, 0.3) is 0 Å². The lowest BCUT2D eigenvalue weighted by molar-refractivity contribution is -0.299. The molecule has 1 saturated heterocycles. The first-order chi connectivity index (χ1) is 12.0. The molecular weight excluding hydrogens is 316 g/mol. The average molecular weight is 346 g/mol. The van der Waals surface area contributed by atoms with Crippen molar-refractivity contribution in [2.75, 3.05) is 7.11 Å². The van der Waals surface area contributed by atoms with Crippen LogP contribution in [-0.2, 0) is 25.4 Å². The molecule has 0 unspecified atom stereocenters. The number of methoxy groups -OCH3 is 1. The number of carbonyl (C=O) groups excluding carboxylic acids is 1. The van der Waals surface area contributed by atoms with Gasteiger partial charge in [0.25, 0.3) is 0 Å². The summed E-state index contributed by atoms with van der Waals surface area (Å²) in [4.78, 5) is 11.2. The molecule has 2 atom stereocenters. The molecule has 1 aromatic rings. The van der Waals surface area contributed by atoms with Gasteiger partial charge in [0.2, 0.25) is 0 Å². The van der Waals surface area contributed by atoms with E-state index in [-0.39, 0.29) is 18.2 Å². The summed E-state index contributed by atoms with van der Waals surface area (Å²) in [6, 6.07) is 10.6. The van der Waals surface area contributed by atoms with E-state index in [4.69, 9.17) is 9.47 Å². The quantitative estimate of drug-likeness (QED) is 0.397. The van der Waals surface area contributed by atoms with Crippen molar-refractivity contribution in [2.24, 2.45) is 0 Å². The molecule has 0 aliphatic carbocycles. The van der Waals surface area contributed by atoms with Crippen LogP contribution in [-0.4, -0.2) is 31.1 Å². The second-order valence-electron chi connectivity index (χ2n) is 7.01. The van der Waals surface area contributed by atoms with Crippen LogP contribution in [0, 0.1) is 0 Å². The van der Waals surface area contributed by atoms with Crippen molar-refractivity contribution in [1.29, 1.82) is 0 Å².